The molecule has 0 aliphatic rings. The molecule has 17 aromatic carbocycles. The van der Waals surface area contributed by atoms with E-state index in [1.54, 1.807) is 0 Å². The maximum absolute atomic E-state index is 2.43. The molecule has 0 spiro atoms. The third-order valence-corrected chi connectivity index (χ3v) is 22.4. The van der Waals surface area contributed by atoms with Gasteiger partial charge in [0.05, 0.1) is 66.2 Å². The summed E-state index contributed by atoms with van der Waals surface area (Å²) in [6.45, 7) is 0. The molecule has 0 aliphatic carbocycles. The van der Waals surface area contributed by atoms with Gasteiger partial charge < -0.3 is 27.4 Å². The molecule has 0 radical (unpaired) electrons. The number of hydrogen-bond donors (Lipinski definition) is 0. The van der Waals surface area contributed by atoms with Gasteiger partial charge in [-0.25, -0.2) is 0 Å². The summed E-state index contributed by atoms with van der Waals surface area (Å²) < 4.78 is 14.5. The number of rotatable bonds is 9. The molecule has 0 aliphatic heterocycles. The summed E-state index contributed by atoms with van der Waals surface area (Å²) in [4.78, 5) is 0. The van der Waals surface area contributed by atoms with E-state index >= 15 is 0 Å². The number of para-hydroxylation sites is 9. The van der Waals surface area contributed by atoms with E-state index in [-0.39, 0.29) is 0 Å². The number of benzene rings is 17. The van der Waals surface area contributed by atoms with E-state index < -0.39 is 0 Å². The third-order valence-electron chi connectivity index (χ3n) is 22.4. The second kappa shape index (κ2) is 24.6. The van der Waals surface area contributed by atoms with Crippen LogP contribution in [0, 0.1) is 0 Å². The molecule has 0 amide bonds. The Morgan fingerprint density at radius 2 is 0.352 bits per heavy atom. The Balaban J connectivity index is 0.000000135. The lowest BCUT2D eigenvalue weighted by atomic mass is 9.99. The lowest BCUT2D eigenvalue weighted by Crippen LogP contribution is -1.94. The number of hydrogen-bond acceptors (Lipinski definition) is 0. The van der Waals surface area contributed by atoms with Crippen molar-refractivity contribution in [2.45, 2.75) is 0 Å². The van der Waals surface area contributed by atoms with Gasteiger partial charge in [0, 0.05) is 98.8 Å². The first kappa shape index (κ1) is 61.1. The molecule has 6 aromatic heterocycles. The van der Waals surface area contributed by atoms with Crippen molar-refractivity contribution in [1.29, 1.82) is 0 Å². The molecule has 0 saturated carbocycles. The number of aromatic nitrogens is 6. The zero-order valence-corrected chi connectivity index (χ0v) is 58.8. The Labute approximate surface area is 622 Å². The molecular weight excluding hydrogens is 1310 g/mol. The average molecular weight is 1380 g/mol. The average Bonchev–Trinajstić information content (AvgIpc) is 1.55. The van der Waals surface area contributed by atoms with E-state index in [0.717, 1.165) is 28.4 Å². The molecule has 0 unspecified atom stereocenters. The van der Waals surface area contributed by atoms with Gasteiger partial charge in [-0.1, -0.05) is 237 Å². The minimum atomic E-state index is 1.15. The highest BCUT2D eigenvalue weighted by atomic mass is 15.0. The first-order valence-corrected chi connectivity index (χ1v) is 37.1. The van der Waals surface area contributed by atoms with Crippen LogP contribution in [0.1, 0.15) is 0 Å². The molecule has 0 saturated heterocycles. The Bertz CT molecular complexity index is 7500. The molecule has 0 atom stereocenters. The van der Waals surface area contributed by atoms with Gasteiger partial charge in [0.1, 0.15) is 0 Å². The quantitative estimate of drug-likeness (QED) is 0.138. The van der Waals surface area contributed by atoms with E-state index in [0.29, 0.717) is 0 Å². The number of nitrogens with zero attached hydrogens (tertiary/aromatic N) is 6. The van der Waals surface area contributed by atoms with E-state index in [1.165, 1.54) is 170 Å². The molecule has 6 heteroatoms. The summed E-state index contributed by atoms with van der Waals surface area (Å²) in [7, 11) is 0. The molecule has 0 bridgehead atoms. The van der Waals surface area contributed by atoms with Crippen LogP contribution >= 0.6 is 0 Å². The van der Waals surface area contributed by atoms with Crippen LogP contribution in [-0.4, -0.2) is 27.4 Å². The molecule has 0 fully saturated rings. The van der Waals surface area contributed by atoms with Crippen LogP contribution in [0.15, 0.2) is 400 Å². The van der Waals surface area contributed by atoms with Crippen molar-refractivity contribution in [1.82, 2.24) is 27.4 Å². The summed E-state index contributed by atoms with van der Waals surface area (Å²) in [6, 6.07) is 146. The fourth-order valence-corrected chi connectivity index (χ4v) is 17.8. The first-order valence-electron chi connectivity index (χ1n) is 37.1. The van der Waals surface area contributed by atoms with Crippen molar-refractivity contribution in [3.63, 3.8) is 0 Å². The fraction of sp³-hybridized carbons (Fsp3) is 0. The second-order valence-corrected chi connectivity index (χ2v) is 28.3. The SMILES string of the molecule is c1ccc(-c2cccc(-n3c4ccccc4c4cc(-c5ccc6c(c5)c5c7c8ccccc8n(-c8ccccc8)c7ccc5n6-c5ccccc5)ccc43)c2)cc1.c1ccc(-n2c3ccccc3c3ccc(-c4ccc5c(c4)c4c6c7ccccc7n(-c7ccccc7)c6ccc4n5-c4ccccc4)cc32)cc1. The maximum atomic E-state index is 2.43. The fourth-order valence-electron chi connectivity index (χ4n) is 17.8. The molecule has 6 nitrogen and oxygen atoms in total. The minimum absolute atomic E-state index is 1.15. The second-order valence-electron chi connectivity index (χ2n) is 28.3. The summed E-state index contributed by atoms with van der Waals surface area (Å²) >= 11 is 0. The van der Waals surface area contributed by atoms with Crippen molar-refractivity contribution in [3.8, 4) is 67.5 Å². The van der Waals surface area contributed by atoms with Crippen molar-refractivity contribution >= 4 is 131 Å². The van der Waals surface area contributed by atoms with Gasteiger partial charge in [-0.3, -0.25) is 0 Å². The Morgan fingerprint density at radius 3 is 0.769 bits per heavy atom. The molecule has 23 rings (SSSR count). The molecule has 108 heavy (non-hydrogen) atoms. The van der Waals surface area contributed by atoms with Crippen LogP contribution < -0.4 is 0 Å². The molecule has 23 aromatic rings. The lowest BCUT2D eigenvalue weighted by molar-refractivity contribution is 1.17. The lowest BCUT2D eigenvalue weighted by Gasteiger charge is -2.11. The molecular formula is C102H66N6. The van der Waals surface area contributed by atoms with Crippen LogP contribution in [-0.2, 0) is 0 Å². The zero-order valence-electron chi connectivity index (χ0n) is 58.8. The molecule has 6 heterocycles. The Morgan fingerprint density at radius 1 is 0.111 bits per heavy atom. The molecule has 0 N–H and O–H groups in total. The van der Waals surface area contributed by atoms with E-state index in [1.807, 2.05) is 0 Å². The normalized spacial score (nSPS) is 11.9. The van der Waals surface area contributed by atoms with Crippen LogP contribution in [0.4, 0.5) is 0 Å². The van der Waals surface area contributed by atoms with Gasteiger partial charge >= 0.3 is 0 Å². The topological polar surface area (TPSA) is 29.6 Å². The number of fused-ring (bicyclic) bond motifs is 20. The van der Waals surface area contributed by atoms with Crippen LogP contribution in [0.3, 0.4) is 0 Å². The summed E-state index contributed by atoms with van der Waals surface area (Å²) in [6.07, 6.45) is 0. The van der Waals surface area contributed by atoms with Crippen molar-refractivity contribution in [3.05, 3.63) is 400 Å². The minimum Gasteiger partial charge on any atom is -0.309 e. The third kappa shape index (κ3) is 9.47. The first-order chi connectivity index (χ1) is 53.6. The van der Waals surface area contributed by atoms with Gasteiger partial charge in [0.2, 0.25) is 0 Å². The van der Waals surface area contributed by atoms with E-state index in [4.69, 9.17) is 0 Å². The Kier molecular flexibility index (Phi) is 13.9. The largest absolute Gasteiger partial charge is 0.309 e. The van der Waals surface area contributed by atoms with Crippen molar-refractivity contribution < 1.29 is 0 Å². The predicted molar refractivity (Wildman–Crippen MR) is 455 cm³/mol. The van der Waals surface area contributed by atoms with Gasteiger partial charge in [0.25, 0.3) is 0 Å². The maximum Gasteiger partial charge on any atom is 0.0548 e. The summed E-state index contributed by atoms with van der Waals surface area (Å²) in [5, 5.41) is 15.1. The van der Waals surface area contributed by atoms with Gasteiger partial charge in [-0.05, 0) is 197 Å². The highest BCUT2D eigenvalue weighted by Gasteiger charge is 2.25. The van der Waals surface area contributed by atoms with Gasteiger partial charge in [0.15, 0.2) is 0 Å². The van der Waals surface area contributed by atoms with E-state index in [9.17, 15) is 0 Å². The highest BCUT2D eigenvalue weighted by molar-refractivity contribution is 6.31. The monoisotopic (exact) mass is 1370 g/mol. The van der Waals surface area contributed by atoms with Crippen LogP contribution in [0.25, 0.3) is 198 Å². The standard InChI is InChI=1S/C54H35N3.C48H31N3/c1-4-15-36(16-5-1)37-17-14-22-42(33-37)57-47-25-12-10-23-43(47)45-34-38(27-29-49(45)57)39-28-30-50-46(35-39)54-52(56(50)41-20-8-3-9-21-41)32-31-51-53(54)44-24-11-13-26-48(44)55(51)40-18-6-2-7-19-40;1-4-14-34(15-5-1)49-42-23-13-11-21-39(42)47-44(49)28-29-45-48(47)40-30-32(25-27-43(40)50(45)35-16-6-2-7-17-35)33-24-26-38-37-20-10-12-22-41(37)51(46(38)31-33)36-18-8-3-9-19-36/h1-35H;1-31H. The smallest absolute Gasteiger partial charge is 0.0548 e. The molecule has 504 valence electrons. The van der Waals surface area contributed by atoms with Gasteiger partial charge in [-0.15, -0.1) is 0 Å². The predicted octanol–water partition coefficient (Wildman–Crippen LogP) is 27.0. The van der Waals surface area contributed by atoms with Gasteiger partial charge in [-0.2, -0.15) is 0 Å². The zero-order chi connectivity index (χ0) is 70.9. The van der Waals surface area contributed by atoms with Crippen LogP contribution in [0.5, 0.6) is 0 Å². The van der Waals surface area contributed by atoms with Crippen molar-refractivity contribution in [2.75, 3.05) is 0 Å². The van der Waals surface area contributed by atoms with E-state index in [2.05, 4.69) is 428 Å². The van der Waals surface area contributed by atoms with Crippen molar-refractivity contribution in [2.24, 2.45) is 0 Å². The summed E-state index contributed by atoms with van der Waals surface area (Å²) in [5.41, 5.74) is 28.6. The van der Waals surface area contributed by atoms with Crippen LogP contribution in [0.2, 0.25) is 0 Å². The summed E-state index contributed by atoms with van der Waals surface area (Å²) in [5.74, 6) is 0. The Hall–Kier alpha value is -14.5. The highest BCUT2D eigenvalue weighted by Crippen LogP contribution is 2.47.